The summed E-state index contributed by atoms with van der Waals surface area (Å²) in [6, 6.07) is 0.00974. The topological polar surface area (TPSA) is 78.9 Å². The number of nitrogens with one attached hydrogen (secondary N) is 1. The van der Waals surface area contributed by atoms with E-state index in [1.165, 1.54) is 4.31 Å². The summed E-state index contributed by atoms with van der Waals surface area (Å²) in [5.74, 6) is 0.248. The fourth-order valence-corrected chi connectivity index (χ4v) is 3.93. The molecule has 1 aliphatic carbocycles. The Morgan fingerprint density at radius 1 is 1.33 bits per heavy atom. The van der Waals surface area contributed by atoms with Gasteiger partial charge in [0, 0.05) is 32.8 Å². The van der Waals surface area contributed by atoms with E-state index in [-0.39, 0.29) is 24.7 Å². The Morgan fingerprint density at radius 2 is 1.94 bits per heavy atom. The third-order valence-electron chi connectivity index (χ3n) is 3.92. The van der Waals surface area contributed by atoms with Crippen LogP contribution < -0.4 is 4.72 Å². The third-order valence-corrected chi connectivity index (χ3v) is 5.59. The fourth-order valence-electron chi connectivity index (χ4n) is 2.47. The van der Waals surface area contributed by atoms with E-state index in [0.29, 0.717) is 13.1 Å². The summed E-state index contributed by atoms with van der Waals surface area (Å²) in [5, 5.41) is 9.03. The molecular weight excluding hydrogens is 256 g/mol. The SMILES string of the molecule is COC1CC(NS(=O)(=O)N2CCC(CO)CC2)C1. The fraction of sp³-hybridized carbons (Fsp3) is 1.00. The predicted molar refractivity (Wildman–Crippen MR) is 67.3 cm³/mol. The van der Waals surface area contributed by atoms with Gasteiger partial charge in [0.25, 0.3) is 10.2 Å². The molecule has 18 heavy (non-hydrogen) atoms. The molecule has 1 heterocycles. The quantitative estimate of drug-likeness (QED) is 0.724. The Labute approximate surface area is 108 Å². The van der Waals surface area contributed by atoms with Crippen LogP contribution in [0.15, 0.2) is 0 Å². The monoisotopic (exact) mass is 278 g/mol. The lowest BCUT2D eigenvalue weighted by Gasteiger charge is -2.37. The summed E-state index contributed by atoms with van der Waals surface area (Å²) < 4.78 is 33.5. The van der Waals surface area contributed by atoms with Gasteiger partial charge in [0.05, 0.1) is 6.10 Å². The number of ether oxygens (including phenoxy) is 1. The number of methoxy groups -OCH3 is 1. The minimum atomic E-state index is -3.36. The Bertz CT molecular complexity index is 359. The van der Waals surface area contributed by atoms with Crippen LogP contribution in [-0.2, 0) is 14.9 Å². The van der Waals surface area contributed by atoms with Crippen LogP contribution in [-0.4, -0.2) is 56.8 Å². The Hall–Kier alpha value is -0.210. The van der Waals surface area contributed by atoms with Crippen LogP contribution in [0.1, 0.15) is 25.7 Å². The molecule has 0 aromatic carbocycles. The second kappa shape index (κ2) is 5.83. The molecule has 0 amide bonds. The zero-order chi connectivity index (χ0) is 13.2. The standard InChI is InChI=1S/C11H22N2O4S/c1-17-11-6-10(7-11)12-18(15,16)13-4-2-9(8-14)3-5-13/h9-12,14H,2-8H2,1H3. The maximum absolute atomic E-state index is 12.1. The molecule has 6 nitrogen and oxygen atoms in total. The summed E-state index contributed by atoms with van der Waals surface area (Å²) in [5.41, 5.74) is 0. The van der Waals surface area contributed by atoms with Crippen molar-refractivity contribution in [1.82, 2.24) is 9.03 Å². The summed E-state index contributed by atoms with van der Waals surface area (Å²) in [6.07, 6.45) is 3.18. The molecule has 0 bridgehead atoms. The summed E-state index contributed by atoms with van der Waals surface area (Å²) in [4.78, 5) is 0. The van der Waals surface area contributed by atoms with Gasteiger partial charge in [-0.15, -0.1) is 0 Å². The molecule has 7 heteroatoms. The normalized spacial score (nSPS) is 31.2. The lowest BCUT2D eigenvalue weighted by atomic mass is 9.90. The largest absolute Gasteiger partial charge is 0.396 e. The van der Waals surface area contributed by atoms with E-state index in [4.69, 9.17) is 9.84 Å². The molecule has 0 radical (unpaired) electrons. The number of aliphatic hydroxyl groups is 1. The van der Waals surface area contributed by atoms with E-state index in [2.05, 4.69) is 4.72 Å². The molecule has 2 aliphatic rings. The molecule has 1 saturated carbocycles. The summed E-state index contributed by atoms with van der Waals surface area (Å²) >= 11 is 0. The lowest BCUT2D eigenvalue weighted by Crippen LogP contribution is -2.53. The van der Waals surface area contributed by atoms with Crippen molar-refractivity contribution in [2.75, 3.05) is 26.8 Å². The van der Waals surface area contributed by atoms with Crippen molar-refractivity contribution in [3.63, 3.8) is 0 Å². The first kappa shape index (κ1) is 14.2. The highest BCUT2D eigenvalue weighted by Crippen LogP contribution is 2.25. The molecule has 106 valence electrons. The number of rotatable bonds is 5. The maximum atomic E-state index is 12.1. The van der Waals surface area contributed by atoms with Crippen molar-refractivity contribution in [3.8, 4) is 0 Å². The number of aliphatic hydroxyl groups excluding tert-OH is 1. The highest BCUT2D eigenvalue weighted by Gasteiger charge is 2.35. The van der Waals surface area contributed by atoms with Gasteiger partial charge in [-0.3, -0.25) is 0 Å². The van der Waals surface area contributed by atoms with Gasteiger partial charge < -0.3 is 9.84 Å². The highest BCUT2D eigenvalue weighted by atomic mass is 32.2. The van der Waals surface area contributed by atoms with Crippen molar-refractivity contribution in [3.05, 3.63) is 0 Å². The second-order valence-electron chi connectivity index (χ2n) is 5.17. The van der Waals surface area contributed by atoms with Crippen LogP contribution in [0.25, 0.3) is 0 Å². The molecule has 2 fully saturated rings. The van der Waals surface area contributed by atoms with Crippen LogP contribution in [0, 0.1) is 5.92 Å². The molecule has 1 aliphatic heterocycles. The van der Waals surface area contributed by atoms with E-state index in [1.54, 1.807) is 7.11 Å². The van der Waals surface area contributed by atoms with E-state index in [9.17, 15) is 8.42 Å². The minimum absolute atomic E-state index is 0.00974. The molecule has 0 spiro atoms. The van der Waals surface area contributed by atoms with Crippen molar-refractivity contribution < 1.29 is 18.3 Å². The number of hydrogen-bond donors (Lipinski definition) is 2. The smallest absolute Gasteiger partial charge is 0.279 e. The second-order valence-corrected chi connectivity index (χ2v) is 6.88. The van der Waals surface area contributed by atoms with Gasteiger partial charge in [0.1, 0.15) is 0 Å². The molecule has 0 atom stereocenters. The van der Waals surface area contributed by atoms with E-state index < -0.39 is 10.2 Å². The molecule has 0 aromatic rings. The molecule has 1 saturated heterocycles. The average Bonchev–Trinajstić information content (AvgIpc) is 2.33. The molecule has 0 unspecified atom stereocenters. The molecule has 2 N–H and O–H groups in total. The zero-order valence-electron chi connectivity index (χ0n) is 10.7. The van der Waals surface area contributed by atoms with E-state index >= 15 is 0 Å². The molecule has 2 rings (SSSR count). The minimum Gasteiger partial charge on any atom is -0.396 e. The summed E-state index contributed by atoms with van der Waals surface area (Å²) in [7, 11) is -1.71. The van der Waals surface area contributed by atoms with Crippen LogP contribution in [0.2, 0.25) is 0 Å². The van der Waals surface area contributed by atoms with Crippen molar-refractivity contribution >= 4 is 10.2 Å². The van der Waals surface area contributed by atoms with Crippen molar-refractivity contribution in [2.24, 2.45) is 5.92 Å². The Kier molecular flexibility index (Phi) is 4.60. The Morgan fingerprint density at radius 3 is 2.44 bits per heavy atom. The van der Waals surface area contributed by atoms with Gasteiger partial charge in [-0.2, -0.15) is 17.4 Å². The first-order valence-electron chi connectivity index (χ1n) is 6.46. The van der Waals surface area contributed by atoms with E-state index in [0.717, 1.165) is 25.7 Å². The Balaban J connectivity index is 1.81. The van der Waals surface area contributed by atoms with Crippen molar-refractivity contribution in [2.45, 2.75) is 37.8 Å². The van der Waals surface area contributed by atoms with Gasteiger partial charge in [-0.25, -0.2) is 0 Å². The average molecular weight is 278 g/mol. The van der Waals surface area contributed by atoms with Crippen molar-refractivity contribution in [1.29, 1.82) is 0 Å². The highest BCUT2D eigenvalue weighted by molar-refractivity contribution is 7.87. The van der Waals surface area contributed by atoms with Crippen LogP contribution in [0.3, 0.4) is 0 Å². The molecular formula is C11H22N2O4S. The van der Waals surface area contributed by atoms with Gasteiger partial charge in [-0.1, -0.05) is 0 Å². The van der Waals surface area contributed by atoms with Crippen LogP contribution in [0.4, 0.5) is 0 Å². The van der Waals surface area contributed by atoms with Gasteiger partial charge >= 0.3 is 0 Å². The van der Waals surface area contributed by atoms with Crippen LogP contribution in [0.5, 0.6) is 0 Å². The predicted octanol–water partition coefficient (Wildman–Crippen LogP) is -0.297. The number of nitrogens with zero attached hydrogens (tertiary/aromatic N) is 1. The zero-order valence-corrected chi connectivity index (χ0v) is 11.5. The lowest BCUT2D eigenvalue weighted by molar-refractivity contribution is 0.0230. The van der Waals surface area contributed by atoms with E-state index in [1.807, 2.05) is 0 Å². The maximum Gasteiger partial charge on any atom is 0.279 e. The summed E-state index contributed by atoms with van der Waals surface area (Å²) in [6.45, 7) is 1.15. The first-order valence-corrected chi connectivity index (χ1v) is 7.90. The van der Waals surface area contributed by atoms with Gasteiger partial charge in [0.15, 0.2) is 0 Å². The molecule has 0 aromatic heterocycles. The first-order chi connectivity index (χ1) is 8.55. The third kappa shape index (κ3) is 3.21. The number of piperidine rings is 1. The van der Waals surface area contributed by atoms with Crippen LogP contribution >= 0.6 is 0 Å². The number of hydrogen-bond acceptors (Lipinski definition) is 4. The van der Waals surface area contributed by atoms with Gasteiger partial charge in [-0.05, 0) is 31.6 Å². The van der Waals surface area contributed by atoms with Gasteiger partial charge in [0.2, 0.25) is 0 Å².